The fraction of sp³-hybridized carbons (Fsp3) is 0.714. The molecule has 0 saturated heterocycles. The molecule has 0 aliphatic carbocycles. The molecule has 2 rings (SSSR count). The zero-order valence-electron chi connectivity index (χ0n) is 13.0. The minimum atomic E-state index is 0.496. The maximum atomic E-state index is 5.54. The number of fused-ring (bicyclic) bond motifs is 1. The van der Waals surface area contributed by atoms with Crippen LogP contribution in [0.2, 0.25) is 0 Å². The van der Waals surface area contributed by atoms with Gasteiger partial charge in [0.05, 0.1) is 18.9 Å². The Morgan fingerprint density at radius 1 is 1.29 bits per heavy atom. The van der Waals surface area contributed by atoms with Crippen LogP contribution in [0.1, 0.15) is 32.0 Å². The van der Waals surface area contributed by atoms with Gasteiger partial charge in [-0.2, -0.15) is 4.98 Å². The van der Waals surface area contributed by atoms with Gasteiger partial charge in [-0.05, 0) is 20.8 Å². The van der Waals surface area contributed by atoms with Crippen LogP contribution in [0, 0.1) is 0 Å². The summed E-state index contributed by atoms with van der Waals surface area (Å²) in [6.45, 7) is 9.35. The average molecular weight is 311 g/mol. The lowest BCUT2D eigenvalue weighted by molar-refractivity contribution is 0.109. The Kier molecular flexibility index (Phi) is 6.53. The van der Waals surface area contributed by atoms with Crippen molar-refractivity contribution >= 4 is 23.7 Å². The van der Waals surface area contributed by atoms with E-state index in [0.29, 0.717) is 18.6 Å². The highest BCUT2D eigenvalue weighted by Gasteiger charge is 2.17. The summed E-state index contributed by atoms with van der Waals surface area (Å²) >= 11 is 1.73. The van der Waals surface area contributed by atoms with Gasteiger partial charge in [-0.15, -0.1) is 0 Å². The summed E-state index contributed by atoms with van der Waals surface area (Å²) in [5, 5.41) is 6.61. The molecule has 3 N–H and O–H groups in total. The zero-order chi connectivity index (χ0) is 15.1. The van der Waals surface area contributed by atoms with Gasteiger partial charge >= 0.3 is 0 Å². The minimum absolute atomic E-state index is 0.496. The van der Waals surface area contributed by atoms with Crippen molar-refractivity contribution in [2.45, 2.75) is 39.8 Å². The second kappa shape index (κ2) is 8.41. The number of aromatic nitrogens is 2. The summed E-state index contributed by atoms with van der Waals surface area (Å²) in [5.74, 6) is 2.59. The molecule has 118 valence electrons. The van der Waals surface area contributed by atoms with Crippen LogP contribution in [0.15, 0.2) is 0 Å². The Morgan fingerprint density at radius 3 is 2.90 bits per heavy atom. The number of nitrogens with one attached hydrogen (secondary N) is 3. The van der Waals surface area contributed by atoms with Crippen molar-refractivity contribution in [1.29, 1.82) is 0 Å². The number of hydrogen-bond donors (Lipinski definition) is 3. The lowest BCUT2D eigenvalue weighted by Gasteiger charge is -2.20. The Hall–Kier alpha value is -1.05. The monoisotopic (exact) mass is 311 g/mol. The van der Waals surface area contributed by atoms with E-state index in [1.807, 2.05) is 6.92 Å². The summed E-state index contributed by atoms with van der Waals surface area (Å²) in [6.07, 6.45) is 0.856. The summed E-state index contributed by atoms with van der Waals surface area (Å²) in [4.78, 5) is 9.14. The van der Waals surface area contributed by atoms with E-state index in [-0.39, 0.29) is 0 Å². The lowest BCUT2D eigenvalue weighted by Crippen LogP contribution is -2.20. The molecule has 0 fully saturated rings. The Bertz CT molecular complexity index is 455. The topological polar surface area (TPSA) is 71.1 Å². The molecule has 0 unspecified atom stereocenters. The van der Waals surface area contributed by atoms with Crippen LogP contribution >= 0.6 is 11.9 Å². The van der Waals surface area contributed by atoms with E-state index in [4.69, 9.17) is 4.74 Å². The molecular formula is C14H25N5OS. The van der Waals surface area contributed by atoms with Crippen molar-refractivity contribution < 1.29 is 4.74 Å². The van der Waals surface area contributed by atoms with Crippen LogP contribution in [-0.2, 0) is 17.8 Å². The molecule has 21 heavy (non-hydrogen) atoms. The second-order valence-corrected chi connectivity index (χ2v) is 6.13. The fourth-order valence-electron chi connectivity index (χ4n) is 2.06. The maximum Gasteiger partial charge on any atom is 0.224 e. The fourth-order valence-corrected chi connectivity index (χ4v) is 2.72. The van der Waals surface area contributed by atoms with Gasteiger partial charge in [-0.1, -0.05) is 11.9 Å². The van der Waals surface area contributed by atoms with Gasteiger partial charge in [0.2, 0.25) is 5.95 Å². The van der Waals surface area contributed by atoms with E-state index >= 15 is 0 Å². The standard InChI is InChI=1S/C14H25N5OS/c1-4-15-14-17-12-5-7-20-9-11(12)13(18-14)16-6-8-21-19-10(2)3/h10,19H,4-9H2,1-3H3,(H2,15,16,17,18). The molecule has 0 radical (unpaired) electrons. The predicted molar refractivity (Wildman–Crippen MR) is 88.8 cm³/mol. The van der Waals surface area contributed by atoms with E-state index in [1.165, 1.54) is 0 Å². The van der Waals surface area contributed by atoms with Gasteiger partial charge in [0.25, 0.3) is 0 Å². The Labute approximate surface area is 131 Å². The van der Waals surface area contributed by atoms with Gasteiger partial charge in [0, 0.05) is 36.9 Å². The van der Waals surface area contributed by atoms with E-state index in [1.54, 1.807) is 11.9 Å². The van der Waals surface area contributed by atoms with Crippen LogP contribution in [0.4, 0.5) is 11.8 Å². The second-order valence-electron chi connectivity index (χ2n) is 5.20. The molecule has 0 atom stereocenters. The Morgan fingerprint density at radius 2 is 2.14 bits per heavy atom. The first-order valence-corrected chi connectivity index (χ1v) is 8.51. The highest BCUT2D eigenvalue weighted by Crippen LogP contribution is 2.23. The molecular weight excluding hydrogens is 286 g/mol. The molecule has 6 nitrogen and oxygen atoms in total. The molecule has 0 bridgehead atoms. The molecule has 0 amide bonds. The molecule has 7 heteroatoms. The first kappa shape index (κ1) is 16.3. The minimum Gasteiger partial charge on any atom is -0.376 e. The highest BCUT2D eigenvalue weighted by atomic mass is 32.2. The molecule has 0 saturated carbocycles. The van der Waals surface area contributed by atoms with E-state index in [9.17, 15) is 0 Å². The number of nitrogens with zero attached hydrogens (tertiary/aromatic N) is 2. The third-order valence-corrected chi connectivity index (χ3v) is 4.02. The number of rotatable bonds is 8. The molecule has 1 aromatic heterocycles. The Balaban J connectivity index is 1.97. The van der Waals surface area contributed by atoms with Crippen molar-refractivity contribution in [3.05, 3.63) is 11.3 Å². The maximum absolute atomic E-state index is 5.54. The largest absolute Gasteiger partial charge is 0.376 e. The van der Waals surface area contributed by atoms with Gasteiger partial charge in [-0.3, -0.25) is 4.72 Å². The first-order valence-electron chi connectivity index (χ1n) is 7.53. The summed E-state index contributed by atoms with van der Waals surface area (Å²) in [6, 6.07) is 0.496. The third-order valence-electron chi connectivity index (χ3n) is 2.97. The highest BCUT2D eigenvalue weighted by molar-refractivity contribution is 7.97. The quantitative estimate of drug-likeness (QED) is 0.501. The van der Waals surface area contributed by atoms with Crippen LogP contribution in [-0.4, -0.2) is 41.5 Å². The van der Waals surface area contributed by atoms with Crippen LogP contribution < -0.4 is 15.4 Å². The number of anilines is 2. The van der Waals surface area contributed by atoms with E-state index in [0.717, 1.165) is 48.9 Å². The summed E-state index contributed by atoms with van der Waals surface area (Å²) < 4.78 is 8.87. The number of ether oxygens (including phenoxy) is 1. The smallest absolute Gasteiger partial charge is 0.224 e. The third kappa shape index (κ3) is 5.01. The van der Waals surface area contributed by atoms with Gasteiger partial charge in [0.15, 0.2) is 0 Å². The van der Waals surface area contributed by atoms with Crippen molar-refractivity contribution in [2.24, 2.45) is 0 Å². The molecule has 0 spiro atoms. The van der Waals surface area contributed by atoms with Crippen molar-refractivity contribution in [3.63, 3.8) is 0 Å². The van der Waals surface area contributed by atoms with E-state index in [2.05, 4.69) is 39.2 Å². The SMILES string of the molecule is CCNc1nc2c(c(NCCSNC(C)C)n1)COCC2. The molecule has 1 aliphatic heterocycles. The van der Waals surface area contributed by atoms with Crippen LogP contribution in [0.5, 0.6) is 0 Å². The summed E-state index contributed by atoms with van der Waals surface area (Å²) in [7, 11) is 0. The number of hydrogen-bond acceptors (Lipinski definition) is 7. The first-order chi connectivity index (χ1) is 10.2. The average Bonchev–Trinajstić information content (AvgIpc) is 2.47. The molecule has 2 heterocycles. The predicted octanol–water partition coefficient (Wildman–Crippen LogP) is 2.04. The van der Waals surface area contributed by atoms with Crippen LogP contribution in [0.3, 0.4) is 0 Å². The van der Waals surface area contributed by atoms with E-state index < -0.39 is 0 Å². The molecule has 1 aliphatic rings. The van der Waals surface area contributed by atoms with Crippen molar-refractivity contribution in [2.75, 3.05) is 36.1 Å². The van der Waals surface area contributed by atoms with Gasteiger partial charge in [-0.25, -0.2) is 4.98 Å². The van der Waals surface area contributed by atoms with Gasteiger partial charge < -0.3 is 15.4 Å². The summed E-state index contributed by atoms with van der Waals surface area (Å²) in [5.41, 5.74) is 2.20. The van der Waals surface area contributed by atoms with Crippen LogP contribution in [0.25, 0.3) is 0 Å². The van der Waals surface area contributed by atoms with Crippen molar-refractivity contribution in [3.8, 4) is 0 Å². The van der Waals surface area contributed by atoms with Gasteiger partial charge in [0.1, 0.15) is 5.82 Å². The lowest BCUT2D eigenvalue weighted by atomic mass is 10.1. The molecule has 0 aromatic carbocycles. The van der Waals surface area contributed by atoms with Crippen molar-refractivity contribution in [1.82, 2.24) is 14.7 Å². The zero-order valence-corrected chi connectivity index (χ0v) is 13.8. The normalized spacial score (nSPS) is 14.1. The molecule has 1 aromatic rings.